The smallest absolute Gasteiger partial charge is 0.462 e. The normalized spacial score (nSPS) is 14.5. The highest BCUT2D eigenvalue weighted by Gasteiger charge is 2.30. The molecule has 0 aromatic carbocycles. The lowest BCUT2D eigenvalue weighted by atomic mass is 9.99. The first-order valence-electron chi connectivity index (χ1n) is 37.2. The van der Waals surface area contributed by atoms with Crippen LogP contribution in [0.5, 0.6) is 0 Å². The van der Waals surface area contributed by atoms with Crippen molar-refractivity contribution in [1.82, 2.24) is 0 Å². The quantitative estimate of drug-likeness (QED) is 0.0222. The lowest BCUT2D eigenvalue weighted by molar-refractivity contribution is -0.161. The number of unbranched alkanes of at least 4 members (excludes halogenated alkanes) is 34. The number of phosphoric ester groups is 2. The summed E-state index contributed by atoms with van der Waals surface area (Å²) in [5.41, 5.74) is 0. The molecule has 3 N–H and O–H groups in total. The number of aliphatic hydroxyl groups is 1. The number of rotatable bonds is 69. The summed E-state index contributed by atoms with van der Waals surface area (Å²) in [6.07, 6.45) is 44.4. The third-order valence-corrected chi connectivity index (χ3v) is 18.8. The Labute approximate surface area is 556 Å². The fraction of sp³-hybridized carbons (Fsp3) is 0.944. The van der Waals surface area contributed by atoms with Crippen molar-refractivity contribution in [2.45, 2.75) is 375 Å². The maximum Gasteiger partial charge on any atom is 0.472 e. The predicted octanol–water partition coefficient (Wildman–Crippen LogP) is 20.5. The van der Waals surface area contributed by atoms with Gasteiger partial charge in [-0.05, 0) is 49.4 Å². The summed E-state index contributed by atoms with van der Waals surface area (Å²) >= 11 is 0. The molecule has 0 aliphatic carbocycles. The molecule has 0 aliphatic rings. The summed E-state index contributed by atoms with van der Waals surface area (Å²) in [7, 11) is -9.91. The minimum atomic E-state index is -4.95. The van der Waals surface area contributed by atoms with Crippen LogP contribution in [0, 0.1) is 23.7 Å². The fourth-order valence-electron chi connectivity index (χ4n) is 10.8. The van der Waals surface area contributed by atoms with Crippen LogP contribution in [-0.2, 0) is 65.4 Å². The Morgan fingerprint density at radius 1 is 0.308 bits per heavy atom. The van der Waals surface area contributed by atoms with Gasteiger partial charge < -0.3 is 33.8 Å². The lowest BCUT2D eigenvalue weighted by Crippen LogP contribution is -2.30. The summed E-state index contributed by atoms with van der Waals surface area (Å²) < 4.78 is 68.4. The minimum Gasteiger partial charge on any atom is -0.462 e. The zero-order chi connectivity index (χ0) is 67.5. The van der Waals surface area contributed by atoms with E-state index in [1.165, 1.54) is 154 Å². The second-order valence-corrected chi connectivity index (χ2v) is 30.6. The van der Waals surface area contributed by atoms with Crippen LogP contribution in [0.15, 0.2) is 0 Å². The van der Waals surface area contributed by atoms with Crippen molar-refractivity contribution in [2.75, 3.05) is 39.6 Å². The van der Waals surface area contributed by atoms with Crippen molar-refractivity contribution in [2.24, 2.45) is 23.7 Å². The van der Waals surface area contributed by atoms with Crippen LogP contribution in [0.1, 0.15) is 357 Å². The maximum atomic E-state index is 13.0. The van der Waals surface area contributed by atoms with Crippen molar-refractivity contribution in [3.8, 4) is 0 Å². The molecule has 0 fully saturated rings. The molecule has 0 saturated heterocycles. The Morgan fingerprint density at radius 3 is 0.780 bits per heavy atom. The summed E-state index contributed by atoms with van der Waals surface area (Å²) in [4.78, 5) is 72.6. The Hall–Kier alpha value is -1.94. The number of carbonyl (C=O) groups is 4. The first-order valence-corrected chi connectivity index (χ1v) is 40.2. The van der Waals surface area contributed by atoms with Crippen LogP contribution in [0.3, 0.4) is 0 Å². The van der Waals surface area contributed by atoms with E-state index in [1.54, 1.807) is 0 Å². The summed E-state index contributed by atoms with van der Waals surface area (Å²) in [6, 6.07) is 0. The van der Waals surface area contributed by atoms with Crippen molar-refractivity contribution < 1.29 is 80.2 Å². The van der Waals surface area contributed by atoms with Gasteiger partial charge in [-0.15, -0.1) is 0 Å². The van der Waals surface area contributed by atoms with Gasteiger partial charge in [-0.3, -0.25) is 37.3 Å². The second kappa shape index (κ2) is 61.6. The summed E-state index contributed by atoms with van der Waals surface area (Å²) in [6.45, 7) is 14.1. The molecule has 0 aliphatic heterocycles. The highest BCUT2D eigenvalue weighted by Crippen LogP contribution is 2.45. The van der Waals surface area contributed by atoms with Crippen LogP contribution in [-0.4, -0.2) is 96.7 Å². The van der Waals surface area contributed by atoms with E-state index in [0.29, 0.717) is 31.6 Å². The van der Waals surface area contributed by atoms with Crippen molar-refractivity contribution in [1.29, 1.82) is 0 Å². The van der Waals surface area contributed by atoms with Crippen molar-refractivity contribution in [3.05, 3.63) is 0 Å². The van der Waals surface area contributed by atoms with Crippen LogP contribution in [0.25, 0.3) is 0 Å². The number of esters is 4. The lowest BCUT2D eigenvalue weighted by Gasteiger charge is -2.21. The molecule has 0 spiro atoms. The van der Waals surface area contributed by atoms with E-state index in [9.17, 15) is 43.2 Å². The molecule has 4 unspecified atom stereocenters. The molecule has 17 nitrogen and oxygen atoms in total. The van der Waals surface area contributed by atoms with E-state index in [-0.39, 0.29) is 25.7 Å². The largest absolute Gasteiger partial charge is 0.472 e. The van der Waals surface area contributed by atoms with E-state index in [2.05, 4.69) is 55.4 Å². The molecule has 540 valence electrons. The topological polar surface area (TPSA) is 237 Å². The van der Waals surface area contributed by atoms with Gasteiger partial charge in [-0.1, -0.05) is 306 Å². The maximum absolute atomic E-state index is 13.0. The van der Waals surface area contributed by atoms with Crippen LogP contribution in [0.2, 0.25) is 0 Å². The fourth-order valence-corrected chi connectivity index (χ4v) is 12.4. The Bertz CT molecular complexity index is 1800. The molecule has 19 heteroatoms. The van der Waals surface area contributed by atoms with Gasteiger partial charge in [0.05, 0.1) is 26.4 Å². The number of hydrogen-bond acceptors (Lipinski definition) is 15. The van der Waals surface area contributed by atoms with E-state index in [4.69, 9.17) is 37.0 Å². The van der Waals surface area contributed by atoms with Gasteiger partial charge in [-0.25, -0.2) is 9.13 Å². The number of carbonyl (C=O) groups excluding carboxylic acids is 4. The SMILES string of the molecule is CCC(C)CCCCCCCCCCC(=O)O[C@H](COC(=O)CCCCCCCCCCCCCC(C)C)COP(=O)(O)OCC(O)COP(=O)(O)OC[C@@H](COC(=O)CCCCCCCCCC(C)C)OC(=O)CCCCCCCCCCCCCCC(C)C. The zero-order valence-corrected chi connectivity index (χ0v) is 61.3. The first kappa shape index (κ1) is 89.1. The van der Waals surface area contributed by atoms with Crippen molar-refractivity contribution >= 4 is 39.5 Å². The monoisotopic (exact) mass is 1340 g/mol. The number of aliphatic hydroxyl groups excluding tert-OH is 1. The zero-order valence-electron chi connectivity index (χ0n) is 59.5. The standard InChI is InChI=1S/C72H140O17P2/c1-9-65(8)51-43-35-27-21-22-30-39-47-55-72(77)89-67(58-82-69(74)52-44-36-28-19-16-12-14-18-25-33-41-49-63(4)5)60-86-90(78,79)84-56-66(73)57-85-91(80,81)87-61-68(59-83-70(75)53-45-37-31-23-26-34-42-50-64(6)7)88-71(76)54-46-38-29-20-15-11-10-13-17-24-32-40-48-62(2)3/h62-68,73H,9-61H2,1-8H3,(H,78,79)(H,80,81)/t65?,66?,67-,68-/m1/s1. The molecule has 0 bridgehead atoms. The van der Waals surface area contributed by atoms with E-state index < -0.39 is 97.5 Å². The molecule has 91 heavy (non-hydrogen) atoms. The molecule has 0 aromatic rings. The summed E-state index contributed by atoms with van der Waals surface area (Å²) in [5, 5.41) is 10.6. The molecule has 0 aromatic heterocycles. The van der Waals surface area contributed by atoms with Crippen LogP contribution >= 0.6 is 15.6 Å². The van der Waals surface area contributed by atoms with E-state index in [1.807, 2.05) is 0 Å². The first-order chi connectivity index (χ1) is 43.6. The Kier molecular flexibility index (Phi) is 60.3. The third kappa shape index (κ3) is 65.1. The van der Waals surface area contributed by atoms with Gasteiger partial charge in [0.15, 0.2) is 12.2 Å². The van der Waals surface area contributed by atoms with Gasteiger partial charge >= 0.3 is 39.5 Å². The van der Waals surface area contributed by atoms with Crippen LogP contribution in [0.4, 0.5) is 0 Å². The molecular formula is C72H140O17P2. The molecule has 0 heterocycles. The molecular weight excluding hydrogens is 1200 g/mol. The van der Waals surface area contributed by atoms with Gasteiger partial charge in [0.25, 0.3) is 0 Å². The van der Waals surface area contributed by atoms with Gasteiger partial charge in [0.1, 0.15) is 19.3 Å². The molecule has 0 amide bonds. The number of ether oxygens (including phenoxy) is 4. The molecule has 0 rings (SSSR count). The Balaban J connectivity index is 5.26. The van der Waals surface area contributed by atoms with Crippen LogP contribution < -0.4 is 0 Å². The molecule has 6 atom stereocenters. The van der Waals surface area contributed by atoms with E-state index >= 15 is 0 Å². The molecule has 0 radical (unpaired) electrons. The van der Waals surface area contributed by atoms with Gasteiger partial charge in [0, 0.05) is 25.7 Å². The Morgan fingerprint density at radius 2 is 0.527 bits per heavy atom. The third-order valence-electron chi connectivity index (χ3n) is 16.9. The minimum absolute atomic E-state index is 0.104. The predicted molar refractivity (Wildman–Crippen MR) is 367 cm³/mol. The van der Waals surface area contributed by atoms with Crippen molar-refractivity contribution in [3.63, 3.8) is 0 Å². The molecule has 0 saturated carbocycles. The van der Waals surface area contributed by atoms with E-state index in [0.717, 1.165) is 114 Å². The number of phosphoric acid groups is 2. The van der Waals surface area contributed by atoms with Gasteiger partial charge in [0.2, 0.25) is 0 Å². The average Bonchev–Trinajstić information content (AvgIpc) is 3.57. The number of hydrogen-bond donors (Lipinski definition) is 3. The highest BCUT2D eigenvalue weighted by molar-refractivity contribution is 7.47. The average molecular weight is 1340 g/mol. The second-order valence-electron chi connectivity index (χ2n) is 27.6. The highest BCUT2D eigenvalue weighted by atomic mass is 31.2. The van der Waals surface area contributed by atoms with Gasteiger partial charge in [-0.2, -0.15) is 0 Å². The summed E-state index contributed by atoms with van der Waals surface area (Å²) in [5.74, 6) is 0.895.